The summed E-state index contributed by atoms with van der Waals surface area (Å²) < 4.78 is 9.55. The molecule has 0 saturated heterocycles. The van der Waals surface area contributed by atoms with Crippen LogP contribution in [0.4, 0.5) is 0 Å². The summed E-state index contributed by atoms with van der Waals surface area (Å²) in [5.41, 5.74) is 1.08. The molecule has 0 spiro atoms. The van der Waals surface area contributed by atoms with Crippen molar-refractivity contribution >= 4 is 9.03 Å². The fourth-order valence-electron chi connectivity index (χ4n) is 0.799. The van der Waals surface area contributed by atoms with Gasteiger partial charge >= 0.3 is 0 Å². The van der Waals surface area contributed by atoms with Gasteiger partial charge in [-0.25, -0.2) is 0 Å². The minimum atomic E-state index is -0.750. The third-order valence-electron chi connectivity index (χ3n) is 1.31. The third-order valence-corrected chi connectivity index (χ3v) is 1.55. The molecule has 1 unspecified atom stereocenters. The van der Waals surface area contributed by atoms with Crippen LogP contribution in [-0.4, -0.2) is 6.79 Å². The van der Waals surface area contributed by atoms with E-state index in [4.69, 9.17) is 4.74 Å². The molecular weight excluding hydrogens is 175 g/mol. The van der Waals surface area contributed by atoms with Gasteiger partial charge in [-0.3, -0.25) is 0 Å². The molecule has 0 bridgehead atoms. The van der Waals surface area contributed by atoms with Crippen molar-refractivity contribution in [3.63, 3.8) is 0 Å². The van der Waals surface area contributed by atoms with E-state index in [1.807, 2.05) is 30.3 Å². The maximum absolute atomic E-state index is 9.87. The molecule has 1 aromatic rings. The van der Waals surface area contributed by atoms with Crippen molar-refractivity contribution in [2.24, 2.45) is 0 Å². The van der Waals surface area contributed by atoms with Gasteiger partial charge in [0, 0.05) is 0 Å². The molecule has 0 aromatic heterocycles. The highest BCUT2D eigenvalue weighted by atomic mass is 31.1. The van der Waals surface area contributed by atoms with Crippen LogP contribution in [-0.2, 0) is 15.9 Å². The SMILES string of the molecule is [O-]POCOCc1ccccc1. The highest BCUT2D eigenvalue weighted by Crippen LogP contribution is 2.02. The Bertz CT molecular complexity index is 203. The lowest BCUT2D eigenvalue weighted by molar-refractivity contribution is -0.177. The van der Waals surface area contributed by atoms with E-state index in [-0.39, 0.29) is 6.79 Å². The Labute approximate surface area is 73.3 Å². The standard InChI is InChI=1S/C8H10O3P/c9-12-11-7-10-6-8-4-2-1-3-5-8/h1-5,12H,6-7H2/q-1. The summed E-state index contributed by atoms with van der Waals surface area (Å²) in [6.07, 6.45) is 0. The van der Waals surface area contributed by atoms with Gasteiger partial charge in [0.05, 0.1) is 6.61 Å². The summed E-state index contributed by atoms with van der Waals surface area (Å²) in [6, 6.07) is 9.74. The molecule has 0 fully saturated rings. The summed E-state index contributed by atoms with van der Waals surface area (Å²) in [4.78, 5) is 9.87. The van der Waals surface area contributed by atoms with Crippen molar-refractivity contribution in [2.75, 3.05) is 6.79 Å². The van der Waals surface area contributed by atoms with E-state index in [1.54, 1.807) is 0 Å². The van der Waals surface area contributed by atoms with Crippen molar-refractivity contribution in [3.8, 4) is 0 Å². The van der Waals surface area contributed by atoms with Gasteiger partial charge in [0.15, 0.2) is 0 Å². The second-order valence-electron chi connectivity index (χ2n) is 2.18. The van der Waals surface area contributed by atoms with E-state index in [0.29, 0.717) is 6.61 Å². The molecule has 1 atom stereocenters. The Balaban J connectivity index is 2.16. The van der Waals surface area contributed by atoms with E-state index in [9.17, 15) is 4.89 Å². The quantitative estimate of drug-likeness (QED) is 0.391. The fraction of sp³-hybridized carbons (Fsp3) is 0.250. The zero-order chi connectivity index (χ0) is 8.65. The Morgan fingerprint density at radius 2 is 2.00 bits per heavy atom. The summed E-state index contributed by atoms with van der Waals surface area (Å²) >= 11 is 0. The van der Waals surface area contributed by atoms with Crippen molar-refractivity contribution < 1.29 is 14.2 Å². The fourth-order valence-corrected chi connectivity index (χ4v) is 0.931. The molecule has 1 rings (SSSR count). The molecule has 0 radical (unpaired) electrons. The Morgan fingerprint density at radius 3 is 2.67 bits per heavy atom. The molecule has 66 valence electrons. The summed E-state index contributed by atoms with van der Waals surface area (Å²) in [7, 11) is -0.750. The second-order valence-corrected chi connectivity index (χ2v) is 2.63. The highest BCUT2D eigenvalue weighted by Gasteiger charge is 1.89. The normalized spacial score (nSPS) is 11.1. The topological polar surface area (TPSA) is 41.5 Å². The Kier molecular flexibility index (Phi) is 4.88. The van der Waals surface area contributed by atoms with Crippen LogP contribution in [0.25, 0.3) is 0 Å². The van der Waals surface area contributed by atoms with Crippen LogP contribution in [0.15, 0.2) is 30.3 Å². The summed E-state index contributed by atoms with van der Waals surface area (Å²) in [5.74, 6) is 0. The molecule has 0 aliphatic carbocycles. The first-order valence-electron chi connectivity index (χ1n) is 3.54. The first-order valence-corrected chi connectivity index (χ1v) is 4.36. The smallest absolute Gasteiger partial charge is 0.149 e. The number of rotatable bonds is 5. The maximum Gasteiger partial charge on any atom is 0.149 e. The van der Waals surface area contributed by atoms with Crippen LogP contribution in [0, 0.1) is 0 Å². The predicted octanol–water partition coefficient (Wildman–Crippen LogP) is 1.05. The van der Waals surface area contributed by atoms with Crippen LogP contribution < -0.4 is 4.89 Å². The second kappa shape index (κ2) is 6.09. The van der Waals surface area contributed by atoms with Gasteiger partial charge in [-0.15, -0.1) is 0 Å². The predicted molar refractivity (Wildman–Crippen MR) is 45.5 cm³/mol. The lowest BCUT2D eigenvalue weighted by Crippen LogP contribution is -1.97. The zero-order valence-electron chi connectivity index (χ0n) is 6.53. The Morgan fingerprint density at radius 1 is 1.25 bits per heavy atom. The van der Waals surface area contributed by atoms with Crippen molar-refractivity contribution in [2.45, 2.75) is 6.61 Å². The van der Waals surface area contributed by atoms with Gasteiger partial charge in [-0.05, 0) is 5.56 Å². The summed E-state index contributed by atoms with van der Waals surface area (Å²) in [5, 5.41) is 0. The van der Waals surface area contributed by atoms with Crippen molar-refractivity contribution in [1.29, 1.82) is 0 Å². The van der Waals surface area contributed by atoms with E-state index in [1.165, 1.54) is 0 Å². The largest absolute Gasteiger partial charge is 0.810 e. The van der Waals surface area contributed by atoms with Gasteiger partial charge in [-0.1, -0.05) is 39.4 Å². The molecule has 0 aliphatic rings. The van der Waals surface area contributed by atoms with Crippen LogP contribution in [0.5, 0.6) is 0 Å². The first kappa shape index (κ1) is 9.62. The average Bonchev–Trinajstić information content (AvgIpc) is 2.14. The van der Waals surface area contributed by atoms with E-state index in [0.717, 1.165) is 5.56 Å². The molecule has 0 N–H and O–H groups in total. The lowest BCUT2D eigenvalue weighted by atomic mass is 10.2. The maximum atomic E-state index is 9.87. The molecule has 12 heavy (non-hydrogen) atoms. The monoisotopic (exact) mass is 185 g/mol. The lowest BCUT2D eigenvalue weighted by Gasteiger charge is -2.06. The van der Waals surface area contributed by atoms with Crippen LogP contribution in [0.3, 0.4) is 0 Å². The molecule has 0 aliphatic heterocycles. The molecular formula is C8H10O3P-. The molecule has 3 nitrogen and oxygen atoms in total. The minimum Gasteiger partial charge on any atom is -0.810 e. The van der Waals surface area contributed by atoms with Crippen molar-refractivity contribution in [1.82, 2.24) is 0 Å². The third kappa shape index (κ3) is 3.79. The van der Waals surface area contributed by atoms with Gasteiger partial charge in [0.25, 0.3) is 0 Å². The number of benzene rings is 1. The molecule has 0 saturated carbocycles. The number of hydrogen-bond donors (Lipinski definition) is 0. The van der Waals surface area contributed by atoms with E-state index in [2.05, 4.69) is 4.52 Å². The number of hydrogen-bond acceptors (Lipinski definition) is 3. The average molecular weight is 185 g/mol. The van der Waals surface area contributed by atoms with Gasteiger partial charge in [0.2, 0.25) is 0 Å². The molecule has 1 aromatic carbocycles. The molecule has 0 amide bonds. The van der Waals surface area contributed by atoms with Gasteiger partial charge < -0.3 is 14.2 Å². The van der Waals surface area contributed by atoms with Crippen molar-refractivity contribution in [3.05, 3.63) is 35.9 Å². The van der Waals surface area contributed by atoms with Crippen LogP contribution in [0.2, 0.25) is 0 Å². The first-order chi connectivity index (χ1) is 5.93. The minimum absolute atomic E-state index is 0.0802. The highest BCUT2D eigenvalue weighted by molar-refractivity contribution is 7.23. The van der Waals surface area contributed by atoms with Gasteiger partial charge in [0.1, 0.15) is 6.79 Å². The van der Waals surface area contributed by atoms with E-state index >= 15 is 0 Å². The molecule has 4 heteroatoms. The van der Waals surface area contributed by atoms with Crippen LogP contribution >= 0.6 is 9.03 Å². The molecule has 0 heterocycles. The Hall–Kier alpha value is -0.470. The summed E-state index contributed by atoms with van der Waals surface area (Å²) in [6.45, 7) is 0.572. The zero-order valence-corrected chi connectivity index (χ0v) is 7.53. The number of ether oxygens (including phenoxy) is 1. The van der Waals surface area contributed by atoms with Crippen LogP contribution in [0.1, 0.15) is 5.56 Å². The van der Waals surface area contributed by atoms with Gasteiger partial charge in [-0.2, -0.15) is 0 Å². The van der Waals surface area contributed by atoms with E-state index < -0.39 is 9.03 Å².